The molecule has 16 heavy (non-hydrogen) atoms. The lowest BCUT2D eigenvalue weighted by molar-refractivity contribution is -0.137. The van der Waals surface area contributed by atoms with Crippen molar-refractivity contribution in [1.82, 2.24) is 9.97 Å². The Morgan fingerprint density at radius 1 is 1.50 bits per heavy atom. The molecule has 0 bridgehead atoms. The maximum absolute atomic E-state index is 10.4. The third-order valence-corrected chi connectivity index (χ3v) is 2.34. The highest BCUT2D eigenvalue weighted by molar-refractivity contribution is 5.66. The van der Waals surface area contributed by atoms with Gasteiger partial charge in [-0.2, -0.15) is 0 Å². The Hall–Kier alpha value is -1.65. The van der Waals surface area contributed by atoms with Crippen LogP contribution in [0.25, 0.3) is 0 Å². The van der Waals surface area contributed by atoms with Gasteiger partial charge in [-0.25, -0.2) is 9.97 Å². The van der Waals surface area contributed by atoms with Crippen LogP contribution in [0, 0.1) is 0 Å². The van der Waals surface area contributed by atoms with Gasteiger partial charge >= 0.3 is 5.97 Å². The third kappa shape index (κ3) is 3.18. The summed E-state index contributed by atoms with van der Waals surface area (Å²) in [6.07, 6.45) is 3.63. The molecule has 0 aliphatic carbocycles. The molecule has 1 N–H and O–H groups in total. The van der Waals surface area contributed by atoms with Crippen LogP contribution in [0.15, 0.2) is 6.33 Å². The minimum absolute atomic E-state index is 0.154. The van der Waals surface area contributed by atoms with Crippen LogP contribution in [-0.4, -0.2) is 28.2 Å². The van der Waals surface area contributed by atoms with Crippen molar-refractivity contribution in [2.45, 2.75) is 32.6 Å². The normalized spacial score (nSPS) is 10.1. The minimum atomic E-state index is -0.783. The molecule has 5 nitrogen and oxygen atoms in total. The molecule has 5 heteroatoms. The summed E-state index contributed by atoms with van der Waals surface area (Å²) >= 11 is 0. The van der Waals surface area contributed by atoms with Gasteiger partial charge < -0.3 is 9.84 Å². The molecule has 0 atom stereocenters. The molecule has 1 aromatic rings. The van der Waals surface area contributed by atoms with Crippen LogP contribution in [0.5, 0.6) is 5.88 Å². The highest BCUT2D eigenvalue weighted by atomic mass is 16.5. The van der Waals surface area contributed by atoms with E-state index in [0.717, 1.165) is 17.7 Å². The number of carboxylic acid groups (broad SMARTS) is 1. The number of aryl methyl sites for hydroxylation is 1. The molecule has 1 aromatic heterocycles. The number of aromatic nitrogens is 2. The van der Waals surface area contributed by atoms with Gasteiger partial charge in [-0.15, -0.1) is 0 Å². The second kappa shape index (κ2) is 6.05. The lowest BCUT2D eigenvalue weighted by Gasteiger charge is -2.09. The van der Waals surface area contributed by atoms with Gasteiger partial charge in [-0.1, -0.05) is 6.92 Å². The predicted octanol–water partition coefficient (Wildman–Crippen LogP) is 1.45. The molecule has 1 heterocycles. The molecule has 0 aromatic carbocycles. The molecule has 0 aliphatic heterocycles. The fourth-order valence-corrected chi connectivity index (χ4v) is 1.58. The highest BCUT2D eigenvalue weighted by Gasteiger charge is 2.10. The first-order valence-electron chi connectivity index (χ1n) is 5.27. The van der Waals surface area contributed by atoms with Crippen molar-refractivity contribution in [3.8, 4) is 5.88 Å². The number of methoxy groups -OCH3 is 1. The molecule has 0 saturated carbocycles. The topological polar surface area (TPSA) is 72.3 Å². The molecule has 0 spiro atoms. The number of hydrogen-bond acceptors (Lipinski definition) is 4. The number of carbonyl (C=O) groups is 1. The fraction of sp³-hybridized carbons (Fsp3) is 0.545. The Kier molecular flexibility index (Phi) is 4.69. The fourth-order valence-electron chi connectivity index (χ4n) is 1.58. The summed E-state index contributed by atoms with van der Waals surface area (Å²) < 4.78 is 5.15. The van der Waals surface area contributed by atoms with E-state index in [1.807, 2.05) is 6.92 Å². The van der Waals surface area contributed by atoms with E-state index in [1.54, 1.807) is 7.11 Å². The number of nitrogens with zero attached hydrogens (tertiary/aromatic N) is 2. The lowest BCUT2D eigenvalue weighted by Crippen LogP contribution is -2.04. The molecular formula is C11H16N2O3. The third-order valence-electron chi connectivity index (χ3n) is 2.34. The zero-order valence-corrected chi connectivity index (χ0v) is 9.56. The average molecular weight is 224 g/mol. The molecule has 0 radical (unpaired) electrons. The van der Waals surface area contributed by atoms with E-state index in [0.29, 0.717) is 18.7 Å². The summed E-state index contributed by atoms with van der Waals surface area (Å²) in [6.45, 7) is 2.00. The number of ether oxygens (including phenoxy) is 1. The smallest absolute Gasteiger partial charge is 0.303 e. The van der Waals surface area contributed by atoms with Gasteiger partial charge in [0.05, 0.1) is 12.8 Å². The van der Waals surface area contributed by atoms with Crippen molar-refractivity contribution in [3.05, 3.63) is 17.6 Å². The first kappa shape index (κ1) is 12.4. The summed E-state index contributed by atoms with van der Waals surface area (Å²) in [6, 6.07) is 0. The van der Waals surface area contributed by atoms with E-state index >= 15 is 0 Å². The Labute approximate surface area is 94.5 Å². The molecule has 0 unspecified atom stereocenters. The van der Waals surface area contributed by atoms with Crippen LogP contribution in [-0.2, 0) is 17.6 Å². The Bertz CT molecular complexity index is 344. The number of rotatable bonds is 6. The number of carboxylic acids is 1. The van der Waals surface area contributed by atoms with Gasteiger partial charge in [0.15, 0.2) is 0 Å². The van der Waals surface area contributed by atoms with Crippen molar-refractivity contribution in [1.29, 1.82) is 0 Å². The van der Waals surface area contributed by atoms with Crippen LogP contribution >= 0.6 is 0 Å². The van der Waals surface area contributed by atoms with E-state index < -0.39 is 5.97 Å². The minimum Gasteiger partial charge on any atom is -0.481 e. The van der Waals surface area contributed by atoms with Crippen LogP contribution < -0.4 is 4.74 Å². The van der Waals surface area contributed by atoms with Gasteiger partial charge in [0.1, 0.15) is 6.33 Å². The number of aliphatic carboxylic acids is 1. The monoisotopic (exact) mass is 224 g/mol. The SMILES string of the molecule is CCc1ncnc(OC)c1CCCC(=O)O. The van der Waals surface area contributed by atoms with E-state index in [-0.39, 0.29) is 6.42 Å². The summed E-state index contributed by atoms with van der Waals surface area (Å²) in [4.78, 5) is 18.6. The van der Waals surface area contributed by atoms with Gasteiger partial charge in [0, 0.05) is 12.0 Å². The van der Waals surface area contributed by atoms with Crippen LogP contribution in [0.1, 0.15) is 31.0 Å². The zero-order chi connectivity index (χ0) is 12.0. The van der Waals surface area contributed by atoms with E-state index in [4.69, 9.17) is 9.84 Å². The molecule has 0 aliphatic rings. The number of hydrogen-bond donors (Lipinski definition) is 1. The quantitative estimate of drug-likeness (QED) is 0.791. The van der Waals surface area contributed by atoms with Crippen molar-refractivity contribution < 1.29 is 14.6 Å². The van der Waals surface area contributed by atoms with E-state index in [1.165, 1.54) is 6.33 Å². The Morgan fingerprint density at radius 3 is 2.81 bits per heavy atom. The average Bonchev–Trinajstić information content (AvgIpc) is 2.28. The Morgan fingerprint density at radius 2 is 2.25 bits per heavy atom. The van der Waals surface area contributed by atoms with Crippen LogP contribution in [0.3, 0.4) is 0 Å². The molecule has 88 valence electrons. The summed E-state index contributed by atoms with van der Waals surface area (Å²) in [5, 5.41) is 8.58. The molecule has 1 rings (SSSR count). The van der Waals surface area contributed by atoms with Crippen LogP contribution in [0.4, 0.5) is 0 Å². The summed E-state index contributed by atoms with van der Waals surface area (Å²) in [5.41, 5.74) is 1.85. The van der Waals surface area contributed by atoms with Crippen molar-refractivity contribution in [2.75, 3.05) is 7.11 Å². The Balaban J connectivity index is 2.78. The molecule has 0 amide bonds. The maximum atomic E-state index is 10.4. The van der Waals surface area contributed by atoms with Crippen molar-refractivity contribution >= 4 is 5.97 Å². The molecular weight excluding hydrogens is 208 g/mol. The van der Waals surface area contributed by atoms with E-state index in [2.05, 4.69) is 9.97 Å². The van der Waals surface area contributed by atoms with Gasteiger partial charge in [0.25, 0.3) is 0 Å². The second-order valence-electron chi connectivity index (χ2n) is 3.41. The maximum Gasteiger partial charge on any atom is 0.303 e. The summed E-state index contributed by atoms with van der Waals surface area (Å²) in [5.74, 6) is -0.230. The molecule has 0 fully saturated rings. The predicted molar refractivity (Wildman–Crippen MR) is 58.5 cm³/mol. The highest BCUT2D eigenvalue weighted by Crippen LogP contribution is 2.20. The molecule has 0 saturated heterocycles. The van der Waals surface area contributed by atoms with Gasteiger partial charge in [-0.05, 0) is 19.3 Å². The van der Waals surface area contributed by atoms with Gasteiger partial charge in [0.2, 0.25) is 5.88 Å². The van der Waals surface area contributed by atoms with E-state index in [9.17, 15) is 4.79 Å². The standard InChI is InChI=1S/C11H16N2O3/c1-3-9-8(5-4-6-10(14)15)11(16-2)13-7-12-9/h7H,3-6H2,1-2H3,(H,14,15). The second-order valence-corrected chi connectivity index (χ2v) is 3.41. The lowest BCUT2D eigenvalue weighted by atomic mass is 10.1. The summed E-state index contributed by atoms with van der Waals surface area (Å²) in [7, 11) is 1.56. The largest absolute Gasteiger partial charge is 0.481 e. The first-order valence-corrected chi connectivity index (χ1v) is 5.27. The van der Waals surface area contributed by atoms with Crippen molar-refractivity contribution in [2.24, 2.45) is 0 Å². The van der Waals surface area contributed by atoms with Gasteiger partial charge in [-0.3, -0.25) is 4.79 Å². The zero-order valence-electron chi connectivity index (χ0n) is 9.56. The first-order chi connectivity index (χ1) is 7.69. The van der Waals surface area contributed by atoms with Crippen LogP contribution in [0.2, 0.25) is 0 Å². The van der Waals surface area contributed by atoms with Crippen molar-refractivity contribution in [3.63, 3.8) is 0 Å².